The first-order chi connectivity index (χ1) is 12.8. The molecule has 0 atom stereocenters. The molecule has 0 radical (unpaired) electrons. The molecule has 6 nitrogen and oxygen atoms in total. The first-order valence-corrected chi connectivity index (χ1v) is 10.1. The Bertz CT molecular complexity index is 921. The Labute approximate surface area is 158 Å². The topological polar surface area (TPSA) is 60.9 Å². The molecule has 144 valence electrons. The highest BCUT2D eigenvalue weighted by atomic mass is 32.2. The van der Waals surface area contributed by atoms with E-state index in [1.165, 1.54) is 50.5 Å². The maximum absolute atomic E-state index is 13.4. The molecule has 0 bridgehead atoms. The zero-order chi connectivity index (χ0) is 19.6. The Morgan fingerprint density at radius 1 is 1.00 bits per heavy atom. The van der Waals surface area contributed by atoms with Crippen LogP contribution in [0.2, 0.25) is 0 Å². The Morgan fingerprint density at radius 2 is 1.63 bits per heavy atom. The number of benzene rings is 2. The molecule has 1 heterocycles. The van der Waals surface area contributed by atoms with Crippen LogP contribution in [0.25, 0.3) is 0 Å². The molecule has 0 spiro atoms. The Balaban J connectivity index is 1.66. The van der Waals surface area contributed by atoms with Crippen molar-refractivity contribution in [1.29, 1.82) is 0 Å². The SMILES string of the molecule is CN(C)S(=O)(=O)c1ccc(C(=O)N2CCN(c3cccc(F)c3)CC2)cc1. The minimum absolute atomic E-state index is 0.136. The number of rotatable bonds is 4. The van der Waals surface area contributed by atoms with Crippen LogP contribution in [-0.4, -0.2) is 63.8 Å². The predicted octanol–water partition coefficient (Wildman–Crippen LogP) is 2.04. The molecule has 1 fully saturated rings. The summed E-state index contributed by atoms with van der Waals surface area (Å²) in [6.07, 6.45) is 0. The average Bonchev–Trinajstić information content (AvgIpc) is 2.67. The normalized spacial score (nSPS) is 15.3. The van der Waals surface area contributed by atoms with E-state index in [0.29, 0.717) is 31.7 Å². The second-order valence-corrected chi connectivity index (χ2v) is 8.72. The van der Waals surface area contributed by atoms with Crippen LogP contribution in [0.4, 0.5) is 10.1 Å². The van der Waals surface area contributed by atoms with Crippen molar-refractivity contribution >= 4 is 21.6 Å². The Hall–Kier alpha value is -2.45. The number of piperazine rings is 1. The smallest absolute Gasteiger partial charge is 0.253 e. The van der Waals surface area contributed by atoms with Crippen LogP contribution in [0.3, 0.4) is 0 Å². The molecule has 0 saturated carbocycles. The lowest BCUT2D eigenvalue weighted by Crippen LogP contribution is -2.48. The van der Waals surface area contributed by atoms with Gasteiger partial charge in [-0.25, -0.2) is 17.1 Å². The van der Waals surface area contributed by atoms with Gasteiger partial charge in [0.15, 0.2) is 0 Å². The number of hydrogen-bond donors (Lipinski definition) is 0. The van der Waals surface area contributed by atoms with E-state index >= 15 is 0 Å². The molecule has 3 rings (SSSR count). The minimum Gasteiger partial charge on any atom is -0.368 e. The second-order valence-electron chi connectivity index (χ2n) is 6.57. The summed E-state index contributed by atoms with van der Waals surface area (Å²) in [5, 5.41) is 0. The highest BCUT2D eigenvalue weighted by Crippen LogP contribution is 2.19. The lowest BCUT2D eigenvalue weighted by molar-refractivity contribution is 0.0746. The van der Waals surface area contributed by atoms with E-state index in [1.807, 2.05) is 11.0 Å². The van der Waals surface area contributed by atoms with Crippen LogP contribution >= 0.6 is 0 Å². The molecule has 27 heavy (non-hydrogen) atoms. The fourth-order valence-corrected chi connectivity index (χ4v) is 3.91. The van der Waals surface area contributed by atoms with Crippen molar-refractivity contribution in [1.82, 2.24) is 9.21 Å². The zero-order valence-electron chi connectivity index (χ0n) is 15.3. The highest BCUT2D eigenvalue weighted by Gasteiger charge is 2.23. The van der Waals surface area contributed by atoms with Gasteiger partial charge in [-0.1, -0.05) is 6.07 Å². The van der Waals surface area contributed by atoms with E-state index < -0.39 is 10.0 Å². The number of anilines is 1. The number of carbonyl (C=O) groups is 1. The van der Waals surface area contributed by atoms with Crippen LogP contribution < -0.4 is 4.90 Å². The van der Waals surface area contributed by atoms with Gasteiger partial charge < -0.3 is 9.80 Å². The monoisotopic (exact) mass is 391 g/mol. The van der Waals surface area contributed by atoms with Gasteiger partial charge in [0.25, 0.3) is 5.91 Å². The van der Waals surface area contributed by atoms with Gasteiger partial charge in [0, 0.05) is 51.5 Å². The molecule has 1 saturated heterocycles. The van der Waals surface area contributed by atoms with Crippen molar-refractivity contribution in [2.45, 2.75) is 4.90 Å². The standard InChI is InChI=1S/C19H22FN3O3S/c1-21(2)27(25,26)18-8-6-15(7-9-18)19(24)23-12-10-22(11-13-23)17-5-3-4-16(20)14-17/h3-9,14H,10-13H2,1-2H3. The van der Waals surface area contributed by atoms with Crippen molar-refractivity contribution in [2.24, 2.45) is 0 Å². The number of nitrogens with zero attached hydrogens (tertiary/aromatic N) is 3. The van der Waals surface area contributed by atoms with Gasteiger partial charge in [-0.2, -0.15) is 0 Å². The molecule has 8 heteroatoms. The summed E-state index contributed by atoms with van der Waals surface area (Å²) in [6.45, 7) is 2.27. The van der Waals surface area contributed by atoms with Gasteiger partial charge in [0.05, 0.1) is 4.90 Å². The minimum atomic E-state index is -3.51. The van der Waals surface area contributed by atoms with Crippen LogP contribution in [-0.2, 0) is 10.0 Å². The van der Waals surface area contributed by atoms with Gasteiger partial charge in [-0.05, 0) is 42.5 Å². The van der Waals surface area contributed by atoms with Crippen molar-refractivity contribution in [3.8, 4) is 0 Å². The van der Waals surface area contributed by atoms with Crippen molar-refractivity contribution in [3.63, 3.8) is 0 Å². The molecule has 1 amide bonds. The molecule has 1 aliphatic heterocycles. The van der Waals surface area contributed by atoms with E-state index in [1.54, 1.807) is 11.0 Å². The average molecular weight is 391 g/mol. The van der Waals surface area contributed by atoms with Crippen LogP contribution in [0.5, 0.6) is 0 Å². The number of hydrogen-bond acceptors (Lipinski definition) is 4. The van der Waals surface area contributed by atoms with Crippen LogP contribution in [0.1, 0.15) is 10.4 Å². The number of carbonyl (C=O) groups excluding carboxylic acids is 1. The molecular formula is C19H22FN3O3S. The molecule has 0 N–H and O–H groups in total. The van der Waals surface area contributed by atoms with Gasteiger partial charge >= 0.3 is 0 Å². The van der Waals surface area contributed by atoms with Gasteiger partial charge in [-0.15, -0.1) is 0 Å². The quantitative estimate of drug-likeness (QED) is 0.800. The number of amides is 1. The van der Waals surface area contributed by atoms with Gasteiger partial charge in [-0.3, -0.25) is 4.79 Å². The van der Waals surface area contributed by atoms with E-state index in [9.17, 15) is 17.6 Å². The largest absolute Gasteiger partial charge is 0.368 e. The molecule has 0 unspecified atom stereocenters. The molecule has 2 aromatic carbocycles. The maximum atomic E-state index is 13.4. The third kappa shape index (κ3) is 4.12. The molecule has 0 aliphatic carbocycles. The van der Waals surface area contributed by atoms with E-state index in [-0.39, 0.29) is 16.6 Å². The van der Waals surface area contributed by atoms with E-state index in [0.717, 1.165) is 9.99 Å². The maximum Gasteiger partial charge on any atom is 0.253 e. The van der Waals surface area contributed by atoms with Crippen molar-refractivity contribution in [3.05, 3.63) is 59.9 Å². The Morgan fingerprint density at radius 3 is 2.19 bits per heavy atom. The fourth-order valence-electron chi connectivity index (χ4n) is 3.00. The summed E-state index contributed by atoms with van der Waals surface area (Å²) < 4.78 is 38.7. The second kappa shape index (κ2) is 7.66. The number of halogens is 1. The lowest BCUT2D eigenvalue weighted by atomic mass is 10.1. The third-order valence-corrected chi connectivity index (χ3v) is 6.45. The first kappa shape index (κ1) is 19.3. The molecule has 0 aromatic heterocycles. The van der Waals surface area contributed by atoms with Crippen molar-refractivity contribution < 1.29 is 17.6 Å². The summed E-state index contributed by atoms with van der Waals surface area (Å²) in [6, 6.07) is 12.4. The lowest BCUT2D eigenvalue weighted by Gasteiger charge is -2.36. The third-order valence-electron chi connectivity index (χ3n) is 4.62. The summed E-state index contributed by atoms with van der Waals surface area (Å²) >= 11 is 0. The Kier molecular flexibility index (Phi) is 5.48. The summed E-state index contributed by atoms with van der Waals surface area (Å²) in [4.78, 5) is 16.6. The molecular weight excluding hydrogens is 369 g/mol. The zero-order valence-corrected chi connectivity index (χ0v) is 16.1. The van der Waals surface area contributed by atoms with E-state index in [4.69, 9.17) is 0 Å². The van der Waals surface area contributed by atoms with Crippen molar-refractivity contribution in [2.75, 3.05) is 45.2 Å². The first-order valence-electron chi connectivity index (χ1n) is 8.61. The fraction of sp³-hybridized carbons (Fsp3) is 0.316. The predicted molar refractivity (Wildman–Crippen MR) is 102 cm³/mol. The number of sulfonamides is 1. The van der Waals surface area contributed by atoms with Gasteiger partial charge in [0.2, 0.25) is 10.0 Å². The summed E-state index contributed by atoms with van der Waals surface area (Å²) in [5.41, 5.74) is 1.26. The molecule has 1 aliphatic rings. The summed E-state index contributed by atoms with van der Waals surface area (Å²) in [5.74, 6) is -0.415. The summed E-state index contributed by atoms with van der Waals surface area (Å²) in [7, 11) is -0.585. The highest BCUT2D eigenvalue weighted by molar-refractivity contribution is 7.89. The van der Waals surface area contributed by atoms with Crippen LogP contribution in [0, 0.1) is 5.82 Å². The van der Waals surface area contributed by atoms with E-state index in [2.05, 4.69) is 0 Å². The van der Waals surface area contributed by atoms with Gasteiger partial charge in [0.1, 0.15) is 5.82 Å². The molecule has 2 aromatic rings. The van der Waals surface area contributed by atoms with Crippen LogP contribution in [0.15, 0.2) is 53.4 Å².